The van der Waals surface area contributed by atoms with Crippen LogP contribution in [0.25, 0.3) is 0 Å². The molecule has 1 unspecified atom stereocenters. The van der Waals surface area contributed by atoms with Crippen LogP contribution in [-0.4, -0.2) is 19.0 Å². The standard InChI is InChI=1S/C13H22N2OS/c1-4-8-14-13(16)9-15-10(3)12-7-6-11(5-2)17-12/h6-7,10,15H,4-5,8-9H2,1-3H3,(H,14,16). The molecule has 1 heterocycles. The quantitative estimate of drug-likeness (QED) is 0.785. The molecule has 0 saturated carbocycles. The molecule has 17 heavy (non-hydrogen) atoms. The highest BCUT2D eigenvalue weighted by atomic mass is 32.1. The Morgan fingerprint density at radius 3 is 2.76 bits per heavy atom. The number of rotatable bonds is 7. The van der Waals surface area contributed by atoms with Crippen molar-refractivity contribution < 1.29 is 4.79 Å². The van der Waals surface area contributed by atoms with Crippen molar-refractivity contribution in [2.24, 2.45) is 0 Å². The van der Waals surface area contributed by atoms with Gasteiger partial charge in [0.25, 0.3) is 0 Å². The molecule has 96 valence electrons. The normalized spacial score (nSPS) is 12.4. The first-order chi connectivity index (χ1) is 8.17. The number of hydrogen-bond acceptors (Lipinski definition) is 3. The highest BCUT2D eigenvalue weighted by molar-refractivity contribution is 7.12. The van der Waals surface area contributed by atoms with Crippen LogP contribution < -0.4 is 10.6 Å². The Balaban J connectivity index is 2.33. The topological polar surface area (TPSA) is 41.1 Å². The summed E-state index contributed by atoms with van der Waals surface area (Å²) in [6.07, 6.45) is 2.06. The van der Waals surface area contributed by atoms with Gasteiger partial charge in [-0.15, -0.1) is 11.3 Å². The van der Waals surface area contributed by atoms with Crippen molar-refractivity contribution >= 4 is 17.2 Å². The first-order valence-corrected chi connectivity index (χ1v) is 7.07. The van der Waals surface area contributed by atoms with E-state index in [2.05, 4.69) is 36.6 Å². The van der Waals surface area contributed by atoms with E-state index in [0.717, 1.165) is 19.4 Å². The lowest BCUT2D eigenvalue weighted by Gasteiger charge is -2.11. The average Bonchev–Trinajstić information content (AvgIpc) is 2.82. The third-order valence-electron chi connectivity index (χ3n) is 2.60. The Kier molecular flexibility index (Phi) is 6.22. The molecule has 1 aromatic rings. The van der Waals surface area contributed by atoms with Gasteiger partial charge >= 0.3 is 0 Å². The predicted octanol–water partition coefficient (Wildman–Crippen LogP) is 2.49. The maximum Gasteiger partial charge on any atom is 0.233 e. The highest BCUT2D eigenvalue weighted by Crippen LogP contribution is 2.23. The van der Waals surface area contributed by atoms with E-state index >= 15 is 0 Å². The molecule has 0 aliphatic rings. The highest BCUT2D eigenvalue weighted by Gasteiger charge is 2.09. The van der Waals surface area contributed by atoms with Crippen LogP contribution in [0.2, 0.25) is 0 Å². The van der Waals surface area contributed by atoms with Crippen LogP contribution >= 0.6 is 11.3 Å². The first-order valence-electron chi connectivity index (χ1n) is 6.26. The summed E-state index contributed by atoms with van der Waals surface area (Å²) in [5.74, 6) is 0.0750. The molecule has 4 heteroatoms. The van der Waals surface area contributed by atoms with E-state index in [0.29, 0.717) is 6.54 Å². The molecule has 1 aromatic heterocycles. The molecule has 0 fully saturated rings. The lowest BCUT2D eigenvalue weighted by molar-refractivity contribution is -0.120. The van der Waals surface area contributed by atoms with Gasteiger partial charge in [-0.3, -0.25) is 4.79 Å². The summed E-state index contributed by atoms with van der Waals surface area (Å²) in [6.45, 7) is 7.45. The van der Waals surface area contributed by atoms with Gasteiger partial charge in [0.05, 0.1) is 6.54 Å². The monoisotopic (exact) mass is 254 g/mol. The van der Waals surface area contributed by atoms with Gasteiger partial charge in [-0.05, 0) is 31.9 Å². The minimum Gasteiger partial charge on any atom is -0.355 e. The molecule has 1 rings (SSSR count). The fourth-order valence-corrected chi connectivity index (χ4v) is 2.47. The van der Waals surface area contributed by atoms with Crippen LogP contribution in [0.5, 0.6) is 0 Å². The second-order valence-corrected chi connectivity index (χ2v) is 5.31. The van der Waals surface area contributed by atoms with E-state index < -0.39 is 0 Å². The van der Waals surface area contributed by atoms with E-state index in [1.54, 1.807) is 0 Å². The van der Waals surface area contributed by atoms with Crippen molar-refractivity contribution in [3.63, 3.8) is 0 Å². The number of nitrogens with one attached hydrogen (secondary N) is 2. The van der Waals surface area contributed by atoms with Gasteiger partial charge in [-0.25, -0.2) is 0 Å². The van der Waals surface area contributed by atoms with Crippen LogP contribution in [0.15, 0.2) is 12.1 Å². The second-order valence-electron chi connectivity index (χ2n) is 4.11. The summed E-state index contributed by atoms with van der Waals surface area (Å²) >= 11 is 1.82. The number of carbonyl (C=O) groups is 1. The van der Waals surface area contributed by atoms with Crippen LogP contribution in [0, 0.1) is 0 Å². The summed E-state index contributed by atoms with van der Waals surface area (Å²) in [5.41, 5.74) is 0. The first kappa shape index (κ1) is 14.2. The molecule has 0 saturated heterocycles. The van der Waals surface area contributed by atoms with Crippen molar-refractivity contribution in [1.82, 2.24) is 10.6 Å². The third-order valence-corrected chi connectivity index (χ3v) is 4.01. The fraction of sp³-hybridized carbons (Fsp3) is 0.615. The number of amides is 1. The molecule has 0 aliphatic carbocycles. The molecule has 0 radical (unpaired) electrons. The molecule has 1 atom stereocenters. The summed E-state index contributed by atoms with van der Waals surface area (Å²) in [4.78, 5) is 14.1. The predicted molar refractivity (Wildman–Crippen MR) is 73.4 cm³/mol. The van der Waals surface area contributed by atoms with Gasteiger partial charge in [-0.1, -0.05) is 13.8 Å². The Morgan fingerprint density at radius 2 is 2.18 bits per heavy atom. The molecule has 3 nitrogen and oxygen atoms in total. The van der Waals surface area contributed by atoms with Gasteiger partial charge in [0, 0.05) is 22.3 Å². The number of aryl methyl sites for hydroxylation is 1. The van der Waals surface area contributed by atoms with Gasteiger partial charge in [0.15, 0.2) is 0 Å². The number of carbonyl (C=O) groups excluding carboxylic acids is 1. The molecule has 1 amide bonds. The smallest absolute Gasteiger partial charge is 0.233 e. The molecular formula is C13H22N2OS. The van der Waals surface area contributed by atoms with Crippen molar-refractivity contribution in [3.05, 3.63) is 21.9 Å². The summed E-state index contributed by atoms with van der Waals surface area (Å²) in [6, 6.07) is 4.55. The molecule has 0 aliphatic heterocycles. The van der Waals surface area contributed by atoms with Crippen molar-refractivity contribution in [2.75, 3.05) is 13.1 Å². The van der Waals surface area contributed by atoms with Gasteiger partial charge in [0.2, 0.25) is 5.91 Å². The molecule has 0 spiro atoms. The van der Waals surface area contributed by atoms with Crippen molar-refractivity contribution in [2.45, 2.75) is 39.7 Å². The van der Waals surface area contributed by atoms with Crippen molar-refractivity contribution in [1.29, 1.82) is 0 Å². The summed E-state index contributed by atoms with van der Waals surface area (Å²) in [7, 11) is 0. The van der Waals surface area contributed by atoms with Crippen LogP contribution in [0.4, 0.5) is 0 Å². The second kappa shape index (κ2) is 7.45. The number of hydrogen-bond donors (Lipinski definition) is 2. The van der Waals surface area contributed by atoms with Crippen molar-refractivity contribution in [3.8, 4) is 0 Å². The Hall–Kier alpha value is -0.870. The molecular weight excluding hydrogens is 232 g/mol. The molecule has 2 N–H and O–H groups in total. The Labute approximate surface area is 108 Å². The van der Waals surface area contributed by atoms with Gasteiger partial charge in [-0.2, -0.15) is 0 Å². The van der Waals surface area contributed by atoms with Gasteiger partial charge in [0.1, 0.15) is 0 Å². The largest absolute Gasteiger partial charge is 0.355 e. The lowest BCUT2D eigenvalue weighted by atomic mass is 10.2. The maximum absolute atomic E-state index is 11.4. The molecule has 0 aromatic carbocycles. The van der Waals surface area contributed by atoms with Crippen LogP contribution in [0.1, 0.15) is 43.0 Å². The molecule has 0 bridgehead atoms. The van der Waals surface area contributed by atoms with E-state index in [1.807, 2.05) is 18.3 Å². The van der Waals surface area contributed by atoms with Crippen LogP contribution in [-0.2, 0) is 11.2 Å². The summed E-state index contributed by atoms with van der Waals surface area (Å²) in [5, 5.41) is 6.10. The third kappa shape index (κ3) is 4.88. The SMILES string of the molecule is CCCNC(=O)CNC(C)c1ccc(CC)s1. The zero-order valence-electron chi connectivity index (χ0n) is 10.9. The minimum absolute atomic E-state index is 0.0750. The fourth-order valence-electron chi connectivity index (χ4n) is 1.49. The van der Waals surface area contributed by atoms with Gasteiger partial charge < -0.3 is 10.6 Å². The lowest BCUT2D eigenvalue weighted by Crippen LogP contribution is -2.35. The van der Waals surface area contributed by atoms with Crippen LogP contribution in [0.3, 0.4) is 0 Å². The van der Waals surface area contributed by atoms with E-state index in [9.17, 15) is 4.79 Å². The summed E-state index contributed by atoms with van der Waals surface area (Å²) < 4.78 is 0. The minimum atomic E-state index is 0.0750. The zero-order chi connectivity index (χ0) is 12.7. The Morgan fingerprint density at radius 1 is 1.41 bits per heavy atom. The number of thiophene rings is 1. The Bertz CT molecular complexity index is 349. The van der Waals surface area contributed by atoms with E-state index in [-0.39, 0.29) is 11.9 Å². The van der Waals surface area contributed by atoms with E-state index in [1.165, 1.54) is 9.75 Å². The average molecular weight is 254 g/mol. The zero-order valence-corrected chi connectivity index (χ0v) is 11.7. The maximum atomic E-state index is 11.4. The van der Waals surface area contributed by atoms with E-state index in [4.69, 9.17) is 0 Å².